The molecule has 9 heteroatoms. The topological polar surface area (TPSA) is 85.0 Å². The van der Waals surface area contributed by atoms with E-state index in [2.05, 4.69) is 29.6 Å². The Kier molecular flexibility index (Phi) is 5.49. The van der Waals surface area contributed by atoms with Gasteiger partial charge in [0.05, 0.1) is 11.3 Å². The zero-order chi connectivity index (χ0) is 22.4. The number of hydrogen-bond donors (Lipinski definition) is 3. The number of alkyl halides is 3. The highest BCUT2D eigenvalue weighted by molar-refractivity contribution is 5.99. The molecule has 1 aliphatic heterocycles. The number of carbonyl (C=O) groups is 1. The molecule has 4 rings (SSSR count). The molecule has 1 aliphatic carbocycles. The van der Waals surface area contributed by atoms with Crippen LogP contribution in [-0.2, 0) is 19.0 Å². The molecule has 2 heterocycles. The lowest BCUT2D eigenvalue weighted by Gasteiger charge is -2.30. The molecule has 1 fully saturated rings. The molecule has 2 aromatic rings. The first kappa shape index (κ1) is 21.7. The van der Waals surface area contributed by atoms with Crippen LogP contribution in [0, 0.1) is 5.41 Å². The number of nitrogens with zero attached hydrogens (tertiary/aromatic N) is 2. The first-order valence-electron chi connectivity index (χ1n) is 10.6. The Balaban J connectivity index is 1.79. The van der Waals surface area contributed by atoms with Gasteiger partial charge in [-0.05, 0) is 62.3 Å². The number of piperidine rings is 1. The third-order valence-electron chi connectivity index (χ3n) is 6.23. The minimum Gasteiger partial charge on any atom is -0.380 e. The van der Waals surface area contributed by atoms with Gasteiger partial charge >= 0.3 is 6.18 Å². The van der Waals surface area contributed by atoms with Crippen LogP contribution in [0.15, 0.2) is 18.2 Å². The molecule has 1 saturated heterocycles. The van der Waals surface area contributed by atoms with Crippen molar-refractivity contribution in [2.45, 2.75) is 58.2 Å². The molecular formula is C22H28F3N5O. The van der Waals surface area contributed by atoms with Crippen LogP contribution in [0.5, 0.6) is 0 Å². The van der Waals surface area contributed by atoms with Crippen molar-refractivity contribution in [1.29, 1.82) is 0 Å². The van der Waals surface area contributed by atoms with Crippen LogP contribution >= 0.6 is 0 Å². The SMILES string of the molecule is CC1(C)CCc2c(C(F)(F)F)nn(-c3ccc(C(N)=O)c(N[C@@H]4CCCNC4)c3)c2C1. The van der Waals surface area contributed by atoms with E-state index in [0.717, 1.165) is 25.9 Å². The molecule has 168 valence electrons. The normalized spacial score (nSPS) is 20.9. The lowest BCUT2D eigenvalue weighted by Crippen LogP contribution is -2.38. The Morgan fingerprint density at radius 1 is 1.35 bits per heavy atom. The Bertz CT molecular complexity index is 990. The van der Waals surface area contributed by atoms with Gasteiger partial charge in [0.25, 0.3) is 5.91 Å². The lowest BCUT2D eigenvalue weighted by molar-refractivity contribution is -0.142. The highest BCUT2D eigenvalue weighted by Crippen LogP contribution is 2.42. The number of amides is 1. The summed E-state index contributed by atoms with van der Waals surface area (Å²) in [4.78, 5) is 12.0. The van der Waals surface area contributed by atoms with Gasteiger partial charge < -0.3 is 16.4 Å². The number of nitrogens with one attached hydrogen (secondary N) is 2. The average Bonchev–Trinajstić information content (AvgIpc) is 3.06. The molecule has 0 unspecified atom stereocenters. The van der Waals surface area contributed by atoms with E-state index in [-0.39, 0.29) is 17.0 Å². The van der Waals surface area contributed by atoms with Gasteiger partial charge in [-0.2, -0.15) is 18.3 Å². The molecule has 2 aliphatic rings. The van der Waals surface area contributed by atoms with Gasteiger partial charge in [-0.3, -0.25) is 4.79 Å². The largest absolute Gasteiger partial charge is 0.435 e. The second-order valence-electron chi connectivity index (χ2n) is 9.31. The number of benzene rings is 1. The molecular weight excluding hydrogens is 407 g/mol. The van der Waals surface area contributed by atoms with Crippen molar-refractivity contribution < 1.29 is 18.0 Å². The molecule has 1 aromatic heterocycles. The molecule has 0 radical (unpaired) electrons. The zero-order valence-electron chi connectivity index (χ0n) is 17.8. The van der Waals surface area contributed by atoms with Crippen LogP contribution in [-0.4, -0.2) is 34.8 Å². The first-order valence-corrected chi connectivity index (χ1v) is 10.6. The summed E-state index contributed by atoms with van der Waals surface area (Å²) in [5, 5.41) is 10.6. The summed E-state index contributed by atoms with van der Waals surface area (Å²) < 4.78 is 42.5. The average molecular weight is 435 g/mol. The summed E-state index contributed by atoms with van der Waals surface area (Å²) in [6.07, 6.45) is -1.07. The molecule has 1 atom stereocenters. The first-order chi connectivity index (χ1) is 14.5. The molecule has 0 bridgehead atoms. The Labute approximate surface area is 179 Å². The third-order valence-corrected chi connectivity index (χ3v) is 6.23. The summed E-state index contributed by atoms with van der Waals surface area (Å²) in [5.74, 6) is -0.586. The number of carbonyl (C=O) groups excluding carboxylic acids is 1. The van der Waals surface area contributed by atoms with Gasteiger partial charge in [-0.15, -0.1) is 0 Å². The molecule has 6 nitrogen and oxygen atoms in total. The van der Waals surface area contributed by atoms with Crippen LogP contribution in [0.3, 0.4) is 0 Å². The third kappa shape index (κ3) is 4.42. The number of primary amides is 1. The fourth-order valence-corrected chi connectivity index (χ4v) is 4.57. The lowest BCUT2D eigenvalue weighted by atomic mass is 9.76. The van der Waals surface area contributed by atoms with Crippen LogP contribution in [0.2, 0.25) is 0 Å². The van der Waals surface area contributed by atoms with Crippen molar-refractivity contribution in [2.24, 2.45) is 11.1 Å². The fraction of sp³-hybridized carbons (Fsp3) is 0.545. The van der Waals surface area contributed by atoms with Gasteiger partial charge in [0.2, 0.25) is 0 Å². The van der Waals surface area contributed by atoms with E-state index in [1.807, 2.05) is 0 Å². The molecule has 1 aromatic carbocycles. The number of nitrogens with two attached hydrogens (primary N) is 1. The van der Waals surface area contributed by atoms with Crippen molar-refractivity contribution in [3.05, 3.63) is 40.7 Å². The Hall–Kier alpha value is -2.55. The van der Waals surface area contributed by atoms with E-state index >= 15 is 0 Å². The smallest absolute Gasteiger partial charge is 0.380 e. The van der Waals surface area contributed by atoms with Gasteiger partial charge in [-0.25, -0.2) is 4.68 Å². The fourth-order valence-electron chi connectivity index (χ4n) is 4.57. The number of aromatic nitrogens is 2. The van der Waals surface area contributed by atoms with Gasteiger partial charge in [0.15, 0.2) is 5.69 Å². The highest BCUT2D eigenvalue weighted by Gasteiger charge is 2.42. The number of anilines is 1. The molecule has 1 amide bonds. The summed E-state index contributed by atoms with van der Waals surface area (Å²) in [6, 6.07) is 4.97. The molecule has 31 heavy (non-hydrogen) atoms. The summed E-state index contributed by atoms with van der Waals surface area (Å²) in [7, 11) is 0. The van der Waals surface area contributed by atoms with Crippen molar-refractivity contribution in [1.82, 2.24) is 15.1 Å². The maximum Gasteiger partial charge on any atom is 0.435 e. The van der Waals surface area contributed by atoms with E-state index in [1.54, 1.807) is 18.2 Å². The van der Waals surface area contributed by atoms with Gasteiger partial charge in [-0.1, -0.05) is 13.8 Å². The van der Waals surface area contributed by atoms with Crippen LogP contribution < -0.4 is 16.4 Å². The summed E-state index contributed by atoms with van der Waals surface area (Å²) >= 11 is 0. The highest BCUT2D eigenvalue weighted by atomic mass is 19.4. The number of halogens is 3. The van der Waals surface area contributed by atoms with Crippen LogP contribution in [0.25, 0.3) is 5.69 Å². The van der Waals surface area contributed by atoms with E-state index in [1.165, 1.54) is 4.68 Å². The number of rotatable bonds is 4. The number of fused-ring (bicyclic) bond motifs is 1. The van der Waals surface area contributed by atoms with E-state index < -0.39 is 17.8 Å². The summed E-state index contributed by atoms with van der Waals surface area (Å²) in [6.45, 7) is 5.79. The van der Waals surface area contributed by atoms with E-state index in [0.29, 0.717) is 41.9 Å². The quantitative estimate of drug-likeness (QED) is 0.684. The van der Waals surface area contributed by atoms with Gasteiger partial charge in [0, 0.05) is 29.5 Å². The summed E-state index contributed by atoms with van der Waals surface area (Å²) in [5.41, 5.74) is 6.80. The monoisotopic (exact) mass is 435 g/mol. The minimum absolute atomic E-state index is 0.110. The standard InChI is InChI=1S/C22H28F3N5O/c1-21(2)8-7-16-18(11-21)30(29-19(16)22(23,24)25)14-5-6-15(20(26)31)17(10-14)28-13-4-3-9-27-12-13/h5-6,10,13,27-28H,3-4,7-9,11-12H2,1-2H3,(H2,26,31)/t13-/m1/s1. The Morgan fingerprint density at radius 3 is 2.77 bits per heavy atom. The molecule has 4 N–H and O–H groups in total. The second-order valence-corrected chi connectivity index (χ2v) is 9.31. The maximum absolute atomic E-state index is 13.7. The maximum atomic E-state index is 13.7. The van der Waals surface area contributed by atoms with Crippen molar-refractivity contribution in [3.8, 4) is 5.69 Å². The molecule has 0 spiro atoms. The van der Waals surface area contributed by atoms with Gasteiger partial charge in [0.1, 0.15) is 0 Å². The minimum atomic E-state index is -4.52. The predicted molar refractivity (Wildman–Crippen MR) is 112 cm³/mol. The second kappa shape index (κ2) is 7.85. The van der Waals surface area contributed by atoms with Crippen LogP contribution in [0.4, 0.5) is 18.9 Å². The van der Waals surface area contributed by atoms with E-state index in [9.17, 15) is 18.0 Å². The van der Waals surface area contributed by atoms with Crippen LogP contribution in [0.1, 0.15) is 60.4 Å². The van der Waals surface area contributed by atoms with E-state index in [4.69, 9.17) is 5.73 Å². The van der Waals surface area contributed by atoms with Crippen molar-refractivity contribution in [2.75, 3.05) is 18.4 Å². The predicted octanol–water partition coefficient (Wildman–Crippen LogP) is 3.67. The number of hydrogen-bond acceptors (Lipinski definition) is 4. The van der Waals surface area contributed by atoms with Crippen molar-refractivity contribution in [3.63, 3.8) is 0 Å². The van der Waals surface area contributed by atoms with Crippen molar-refractivity contribution >= 4 is 11.6 Å². The Morgan fingerprint density at radius 2 is 2.13 bits per heavy atom. The molecule has 0 saturated carbocycles. The zero-order valence-corrected chi connectivity index (χ0v) is 17.8.